The van der Waals surface area contributed by atoms with Gasteiger partial charge in [0.2, 0.25) is 0 Å². The zero-order chi connectivity index (χ0) is 33.7. The summed E-state index contributed by atoms with van der Waals surface area (Å²) < 4.78 is 3.82. The van der Waals surface area contributed by atoms with E-state index in [1.54, 1.807) is 0 Å². The largest absolute Gasteiger partial charge is 0.311 e. The van der Waals surface area contributed by atoms with Gasteiger partial charge in [-0.3, -0.25) is 0 Å². The van der Waals surface area contributed by atoms with Crippen LogP contribution in [0.1, 0.15) is 16.9 Å². The van der Waals surface area contributed by atoms with E-state index in [4.69, 9.17) is 0 Å². The molecule has 2 nitrogen and oxygen atoms in total. The standard InChI is InChI=1S/C48H34N2S/c1-3-12-36(13-4-1)49(37-14-5-2-6-15-37)38-27-22-33(23-28-38)34-24-29-39(30-25-34)50-45-20-9-7-16-41(45)42-31-26-35(32-46(42)50)40-18-11-19-44-43-17-8-10-21-47(43)51-48(40)44/h1-7,9-16,18-32H,8,17H2. The summed E-state index contributed by atoms with van der Waals surface area (Å²) in [4.78, 5) is 3.71. The van der Waals surface area contributed by atoms with Crippen molar-refractivity contribution in [1.29, 1.82) is 0 Å². The van der Waals surface area contributed by atoms with E-state index in [-0.39, 0.29) is 0 Å². The van der Waals surface area contributed by atoms with Crippen molar-refractivity contribution >= 4 is 66.4 Å². The molecule has 242 valence electrons. The van der Waals surface area contributed by atoms with Crippen molar-refractivity contribution in [2.45, 2.75) is 12.8 Å². The van der Waals surface area contributed by atoms with Crippen LogP contribution in [0.4, 0.5) is 17.1 Å². The molecule has 0 spiro atoms. The Morgan fingerprint density at radius 1 is 0.490 bits per heavy atom. The van der Waals surface area contributed by atoms with Gasteiger partial charge in [-0.25, -0.2) is 0 Å². The fourth-order valence-corrected chi connectivity index (χ4v) is 9.17. The van der Waals surface area contributed by atoms with Gasteiger partial charge in [-0.15, -0.1) is 11.3 Å². The molecule has 51 heavy (non-hydrogen) atoms. The van der Waals surface area contributed by atoms with Crippen LogP contribution in [0.15, 0.2) is 176 Å². The molecular weight excluding hydrogens is 637 g/mol. The van der Waals surface area contributed by atoms with Gasteiger partial charge < -0.3 is 9.47 Å². The highest BCUT2D eigenvalue weighted by atomic mass is 32.1. The van der Waals surface area contributed by atoms with Crippen molar-refractivity contribution in [2.24, 2.45) is 0 Å². The van der Waals surface area contributed by atoms with E-state index < -0.39 is 0 Å². The van der Waals surface area contributed by atoms with Crippen molar-refractivity contribution in [3.8, 4) is 27.9 Å². The summed E-state index contributed by atoms with van der Waals surface area (Å²) in [7, 11) is 0. The number of fused-ring (bicyclic) bond motifs is 6. The van der Waals surface area contributed by atoms with Gasteiger partial charge in [0.15, 0.2) is 0 Å². The quantitative estimate of drug-likeness (QED) is 0.171. The predicted octanol–water partition coefficient (Wildman–Crippen LogP) is 13.8. The van der Waals surface area contributed by atoms with Gasteiger partial charge in [0.1, 0.15) is 0 Å². The Morgan fingerprint density at radius 2 is 1.10 bits per heavy atom. The Hall–Kier alpha value is -6.16. The van der Waals surface area contributed by atoms with Crippen LogP contribution in [0.25, 0.3) is 65.9 Å². The lowest BCUT2D eigenvalue weighted by molar-refractivity contribution is 1.01. The maximum atomic E-state index is 2.43. The SMILES string of the molecule is C1=Cc2sc3c(-c4ccc5c6ccccc6n(-c6ccc(-c7ccc(N(c8ccccc8)c8ccccc8)cc7)cc6)c5c4)cccc3c2CC1. The van der Waals surface area contributed by atoms with E-state index in [9.17, 15) is 0 Å². The van der Waals surface area contributed by atoms with E-state index in [0.717, 1.165) is 35.6 Å². The minimum atomic E-state index is 1.13. The Kier molecular flexibility index (Phi) is 7.18. The van der Waals surface area contributed by atoms with Crippen molar-refractivity contribution < 1.29 is 0 Å². The monoisotopic (exact) mass is 670 g/mol. The van der Waals surface area contributed by atoms with Gasteiger partial charge in [-0.2, -0.15) is 0 Å². The number of allylic oxidation sites excluding steroid dienone is 1. The fourth-order valence-electron chi connectivity index (χ4n) is 7.85. The first-order valence-electron chi connectivity index (χ1n) is 17.7. The molecule has 0 fully saturated rings. The third-order valence-corrected chi connectivity index (χ3v) is 11.5. The Labute approximate surface area is 301 Å². The normalized spacial score (nSPS) is 12.5. The molecule has 0 unspecified atom stereocenters. The van der Waals surface area contributed by atoms with Crippen molar-refractivity contribution in [2.75, 3.05) is 4.90 Å². The lowest BCUT2D eigenvalue weighted by Gasteiger charge is -2.25. The van der Waals surface area contributed by atoms with Crippen LogP contribution >= 0.6 is 11.3 Å². The Balaban J connectivity index is 1.03. The third kappa shape index (κ3) is 5.09. The highest BCUT2D eigenvalue weighted by Crippen LogP contribution is 2.43. The Bertz CT molecular complexity index is 2680. The number of hydrogen-bond donors (Lipinski definition) is 0. The summed E-state index contributed by atoms with van der Waals surface area (Å²) in [6.45, 7) is 0. The van der Waals surface area contributed by atoms with E-state index in [1.165, 1.54) is 64.6 Å². The maximum absolute atomic E-state index is 2.43. The van der Waals surface area contributed by atoms with Gasteiger partial charge >= 0.3 is 0 Å². The summed E-state index contributed by atoms with van der Waals surface area (Å²) >= 11 is 1.94. The zero-order valence-corrected chi connectivity index (χ0v) is 28.9. The molecule has 3 heteroatoms. The molecule has 2 aromatic heterocycles. The van der Waals surface area contributed by atoms with E-state index >= 15 is 0 Å². The molecule has 0 amide bonds. The first kappa shape index (κ1) is 29.7. The van der Waals surface area contributed by atoms with Crippen LogP contribution in [0.5, 0.6) is 0 Å². The average molecular weight is 671 g/mol. The molecule has 2 heterocycles. The lowest BCUT2D eigenvalue weighted by atomic mass is 9.97. The maximum Gasteiger partial charge on any atom is 0.0547 e. The van der Waals surface area contributed by atoms with E-state index in [2.05, 4.69) is 191 Å². The molecule has 0 aliphatic heterocycles. The van der Waals surface area contributed by atoms with Crippen LogP contribution < -0.4 is 4.90 Å². The summed E-state index contributed by atoms with van der Waals surface area (Å²) in [5.74, 6) is 0. The molecule has 0 radical (unpaired) electrons. The van der Waals surface area contributed by atoms with Crippen LogP contribution in [0.2, 0.25) is 0 Å². The van der Waals surface area contributed by atoms with E-state index in [0.29, 0.717) is 0 Å². The molecule has 0 atom stereocenters. The second kappa shape index (κ2) is 12.3. The van der Waals surface area contributed by atoms with Gasteiger partial charge in [-0.1, -0.05) is 115 Å². The van der Waals surface area contributed by atoms with Gasteiger partial charge in [0.05, 0.1) is 11.0 Å². The first-order valence-corrected chi connectivity index (χ1v) is 18.5. The highest BCUT2D eigenvalue weighted by Gasteiger charge is 2.18. The number of nitrogens with zero attached hydrogens (tertiary/aromatic N) is 2. The second-order valence-corrected chi connectivity index (χ2v) is 14.3. The number of anilines is 3. The molecule has 0 N–H and O–H groups in total. The first-order chi connectivity index (χ1) is 25.3. The summed E-state index contributed by atoms with van der Waals surface area (Å²) in [5, 5.41) is 3.96. The summed E-state index contributed by atoms with van der Waals surface area (Å²) in [6.07, 6.45) is 6.88. The molecule has 7 aromatic carbocycles. The molecule has 9 aromatic rings. The Morgan fingerprint density at radius 3 is 1.84 bits per heavy atom. The van der Waals surface area contributed by atoms with Gasteiger partial charge in [-0.05, 0) is 113 Å². The third-order valence-electron chi connectivity index (χ3n) is 10.3. The van der Waals surface area contributed by atoms with Gasteiger partial charge in [0.25, 0.3) is 0 Å². The predicted molar refractivity (Wildman–Crippen MR) is 219 cm³/mol. The minimum absolute atomic E-state index is 1.13. The smallest absolute Gasteiger partial charge is 0.0547 e. The summed E-state index contributed by atoms with van der Waals surface area (Å²) in [6, 6.07) is 61.7. The zero-order valence-electron chi connectivity index (χ0n) is 28.0. The average Bonchev–Trinajstić information content (AvgIpc) is 3.75. The number of rotatable bonds is 6. The minimum Gasteiger partial charge on any atom is -0.311 e. The number of aryl methyl sites for hydroxylation is 1. The van der Waals surface area contributed by atoms with Crippen molar-refractivity contribution in [3.63, 3.8) is 0 Å². The second-order valence-electron chi connectivity index (χ2n) is 13.3. The topological polar surface area (TPSA) is 8.17 Å². The number of hydrogen-bond acceptors (Lipinski definition) is 2. The molecule has 0 saturated heterocycles. The van der Waals surface area contributed by atoms with Crippen molar-refractivity contribution in [3.05, 3.63) is 186 Å². The molecular formula is C48H34N2S. The molecule has 1 aliphatic rings. The van der Waals surface area contributed by atoms with Gasteiger partial charge in [0, 0.05) is 43.1 Å². The van der Waals surface area contributed by atoms with Crippen LogP contribution in [-0.2, 0) is 6.42 Å². The molecule has 1 aliphatic carbocycles. The summed E-state index contributed by atoms with van der Waals surface area (Å²) in [5.41, 5.74) is 13.5. The number of thiophene rings is 1. The fraction of sp³-hybridized carbons (Fsp3) is 0.0417. The highest BCUT2D eigenvalue weighted by molar-refractivity contribution is 7.20. The number of para-hydroxylation sites is 3. The number of benzene rings is 7. The van der Waals surface area contributed by atoms with Crippen LogP contribution in [0.3, 0.4) is 0 Å². The lowest BCUT2D eigenvalue weighted by Crippen LogP contribution is -2.09. The van der Waals surface area contributed by atoms with Crippen LogP contribution in [-0.4, -0.2) is 4.57 Å². The van der Waals surface area contributed by atoms with Crippen LogP contribution in [0, 0.1) is 0 Å². The molecule has 0 bridgehead atoms. The van der Waals surface area contributed by atoms with Crippen molar-refractivity contribution in [1.82, 2.24) is 4.57 Å². The molecule has 0 saturated carbocycles. The number of aromatic nitrogens is 1. The van der Waals surface area contributed by atoms with E-state index in [1.807, 2.05) is 11.3 Å². The molecule has 10 rings (SSSR count).